The first-order valence-corrected chi connectivity index (χ1v) is 17.7. The number of carboxylic acid groups (broad SMARTS) is 1. The number of allylic oxidation sites excluding steroid dienone is 1. The molecule has 2 fully saturated rings. The van der Waals surface area contributed by atoms with Gasteiger partial charge in [-0.2, -0.15) is 0 Å². The number of carboxylic acids is 1. The zero-order valence-electron chi connectivity index (χ0n) is 29.7. The van der Waals surface area contributed by atoms with E-state index in [0.29, 0.717) is 29.1 Å². The Morgan fingerprint density at radius 3 is 2.59 bits per heavy atom. The predicted octanol–water partition coefficient (Wildman–Crippen LogP) is 5.71. The standard InChI is InChI=1S/C39H47N5O7/c1-38(2,3)23-34(45)42-44-18-12-7-5-6-11-15-26-22-39(26,36(47)48)41-35(46)32-20-28(24-43(32)37(44)49)51-33-21-30(25-13-9-8-10-14-25)40-31-19-27(50-4)16-17-29(31)33/h8-11,13-17,19,21,26,28,32H,5-7,12,18,20,22-24H2,1-4H3,(H,41,46)(H,42,45)(H,47,48)/b15-11-/t26-,28-,32+,39-/m1/s1. The molecule has 4 atom stereocenters. The molecule has 4 amide bonds. The zero-order valence-corrected chi connectivity index (χ0v) is 29.7. The Morgan fingerprint density at radius 1 is 1.08 bits per heavy atom. The van der Waals surface area contributed by atoms with Crippen LogP contribution in [0.3, 0.4) is 0 Å². The molecule has 3 N–H and O–H groups in total. The van der Waals surface area contributed by atoms with Gasteiger partial charge in [0, 0.05) is 48.4 Å². The Labute approximate surface area is 298 Å². The average Bonchev–Trinajstić information content (AvgIpc) is 3.63. The van der Waals surface area contributed by atoms with Gasteiger partial charge in [0.05, 0.1) is 24.9 Å². The number of carbonyl (C=O) groups is 4. The van der Waals surface area contributed by atoms with Gasteiger partial charge in [-0.25, -0.2) is 19.6 Å². The summed E-state index contributed by atoms with van der Waals surface area (Å²) >= 11 is 0. The minimum atomic E-state index is -1.44. The molecule has 51 heavy (non-hydrogen) atoms. The predicted molar refractivity (Wildman–Crippen MR) is 192 cm³/mol. The van der Waals surface area contributed by atoms with Gasteiger partial charge in [0.15, 0.2) is 0 Å². The van der Waals surface area contributed by atoms with Crippen molar-refractivity contribution in [2.75, 3.05) is 20.2 Å². The highest BCUT2D eigenvalue weighted by atomic mass is 16.5. The smallest absolute Gasteiger partial charge is 0.339 e. The van der Waals surface area contributed by atoms with Gasteiger partial charge in [-0.3, -0.25) is 15.0 Å². The molecule has 1 aliphatic carbocycles. The minimum absolute atomic E-state index is 0.0343. The Bertz CT molecular complexity index is 1820. The maximum atomic E-state index is 14.4. The maximum Gasteiger partial charge on any atom is 0.339 e. The number of aromatic nitrogens is 1. The number of pyridine rings is 1. The normalized spacial score (nSPS) is 24.7. The van der Waals surface area contributed by atoms with Crippen LogP contribution in [-0.4, -0.2) is 81.7 Å². The fourth-order valence-electron chi connectivity index (χ4n) is 6.94. The van der Waals surface area contributed by atoms with E-state index >= 15 is 0 Å². The lowest BCUT2D eigenvalue weighted by molar-refractivity contribution is -0.144. The first kappa shape index (κ1) is 35.7. The van der Waals surface area contributed by atoms with Crippen molar-refractivity contribution >= 4 is 34.7 Å². The molecule has 1 saturated carbocycles. The van der Waals surface area contributed by atoms with E-state index in [-0.39, 0.29) is 49.6 Å². The van der Waals surface area contributed by atoms with Crippen molar-refractivity contribution in [2.24, 2.45) is 11.3 Å². The number of methoxy groups -OCH3 is 1. The van der Waals surface area contributed by atoms with Gasteiger partial charge in [-0.05, 0) is 43.2 Å². The second-order valence-electron chi connectivity index (χ2n) is 15.0. The van der Waals surface area contributed by atoms with Crippen molar-refractivity contribution in [1.82, 2.24) is 25.6 Å². The van der Waals surface area contributed by atoms with Crippen molar-refractivity contribution in [3.63, 3.8) is 0 Å². The number of urea groups is 1. The number of rotatable bonds is 7. The van der Waals surface area contributed by atoms with E-state index in [9.17, 15) is 24.3 Å². The van der Waals surface area contributed by atoms with Crippen molar-refractivity contribution in [1.29, 1.82) is 0 Å². The van der Waals surface area contributed by atoms with Gasteiger partial charge in [0.1, 0.15) is 29.2 Å². The van der Waals surface area contributed by atoms with E-state index in [1.165, 1.54) is 9.91 Å². The molecule has 2 aromatic carbocycles. The lowest BCUT2D eigenvalue weighted by atomic mass is 9.92. The number of nitrogens with one attached hydrogen (secondary N) is 2. The molecule has 1 saturated heterocycles. The van der Waals surface area contributed by atoms with Crippen LogP contribution >= 0.6 is 0 Å². The van der Waals surface area contributed by atoms with Gasteiger partial charge < -0.3 is 24.8 Å². The van der Waals surface area contributed by atoms with Crippen LogP contribution in [0.1, 0.15) is 65.7 Å². The Morgan fingerprint density at radius 2 is 1.86 bits per heavy atom. The Kier molecular flexibility index (Phi) is 10.2. The summed E-state index contributed by atoms with van der Waals surface area (Å²) in [6.07, 6.45) is 6.82. The molecule has 12 nitrogen and oxygen atoms in total. The summed E-state index contributed by atoms with van der Waals surface area (Å²) in [5.74, 6) is -1.17. The minimum Gasteiger partial charge on any atom is -0.497 e. The van der Waals surface area contributed by atoms with E-state index in [2.05, 4.69) is 10.7 Å². The van der Waals surface area contributed by atoms with Crippen LogP contribution in [-0.2, 0) is 14.4 Å². The molecule has 3 aromatic rings. The number of hydrazine groups is 1. The molecule has 0 bridgehead atoms. The molecule has 270 valence electrons. The van der Waals surface area contributed by atoms with E-state index < -0.39 is 35.6 Å². The molecule has 1 aromatic heterocycles. The third-order valence-electron chi connectivity index (χ3n) is 9.70. The van der Waals surface area contributed by atoms with Crippen LogP contribution in [0.4, 0.5) is 4.79 Å². The van der Waals surface area contributed by atoms with E-state index in [1.807, 2.05) is 87.5 Å². The van der Waals surface area contributed by atoms with Crippen LogP contribution in [0, 0.1) is 11.3 Å². The van der Waals surface area contributed by atoms with Gasteiger partial charge in [0.2, 0.25) is 11.8 Å². The molecule has 12 heteroatoms. The summed E-state index contributed by atoms with van der Waals surface area (Å²) in [7, 11) is 1.59. The molecule has 3 heterocycles. The number of benzene rings is 2. The number of carbonyl (C=O) groups excluding carboxylic acids is 3. The maximum absolute atomic E-state index is 14.4. The van der Waals surface area contributed by atoms with Crippen molar-refractivity contribution in [2.45, 2.75) is 83.4 Å². The summed E-state index contributed by atoms with van der Waals surface area (Å²) in [4.78, 5) is 60.4. The molecular formula is C39H47N5O7. The van der Waals surface area contributed by atoms with Gasteiger partial charge in [-0.15, -0.1) is 0 Å². The number of ether oxygens (including phenoxy) is 2. The zero-order chi connectivity index (χ0) is 36.3. The summed E-state index contributed by atoms with van der Waals surface area (Å²) in [5.41, 5.74) is 3.28. The molecule has 0 radical (unpaired) electrons. The lowest BCUT2D eigenvalue weighted by Crippen LogP contribution is -2.58. The number of aliphatic carboxylic acids is 1. The quantitative estimate of drug-likeness (QED) is 0.266. The first-order valence-electron chi connectivity index (χ1n) is 17.7. The van der Waals surface area contributed by atoms with Crippen LogP contribution in [0.15, 0.2) is 66.7 Å². The number of fused-ring (bicyclic) bond motifs is 3. The average molecular weight is 698 g/mol. The van der Waals surface area contributed by atoms with Gasteiger partial charge in [-0.1, -0.05) is 69.7 Å². The van der Waals surface area contributed by atoms with Crippen molar-refractivity contribution in [3.8, 4) is 22.8 Å². The number of amides is 4. The molecular weight excluding hydrogens is 650 g/mol. The van der Waals surface area contributed by atoms with Crippen molar-refractivity contribution < 1.29 is 33.8 Å². The van der Waals surface area contributed by atoms with Crippen LogP contribution in [0.2, 0.25) is 0 Å². The summed E-state index contributed by atoms with van der Waals surface area (Å²) < 4.78 is 12.1. The second-order valence-corrected chi connectivity index (χ2v) is 15.0. The highest BCUT2D eigenvalue weighted by Crippen LogP contribution is 2.45. The number of hydrogen-bond acceptors (Lipinski definition) is 7. The van der Waals surface area contributed by atoms with E-state index in [0.717, 1.165) is 30.2 Å². The highest BCUT2D eigenvalue weighted by Gasteiger charge is 2.61. The summed E-state index contributed by atoms with van der Waals surface area (Å²) in [6.45, 7) is 6.13. The Hall–Kier alpha value is -5.13. The van der Waals surface area contributed by atoms with Crippen LogP contribution in [0.25, 0.3) is 22.2 Å². The van der Waals surface area contributed by atoms with Crippen LogP contribution in [0.5, 0.6) is 11.5 Å². The molecule has 0 spiro atoms. The highest BCUT2D eigenvalue weighted by molar-refractivity contribution is 5.95. The summed E-state index contributed by atoms with van der Waals surface area (Å²) in [5, 5.41) is 15.1. The Balaban J connectivity index is 1.34. The topological polar surface area (TPSA) is 150 Å². The molecule has 0 unspecified atom stereocenters. The monoisotopic (exact) mass is 697 g/mol. The third kappa shape index (κ3) is 8.10. The SMILES string of the molecule is COc1ccc2c(O[C@@H]3C[C@H]4C(=O)N[C@]5(C(=O)O)C[C@H]5/C=C\CCCCCN(NC(=O)CC(C)(C)C)C(=O)N4C3)cc(-c3ccccc3)nc2c1. The second kappa shape index (κ2) is 14.6. The molecule has 3 aliphatic rings. The fraction of sp³-hybridized carbons (Fsp3) is 0.462. The van der Waals surface area contributed by atoms with Gasteiger partial charge in [0.25, 0.3) is 0 Å². The van der Waals surface area contributed by atoms with E-state index in [1.54, 1.807) is 7.11 Å². The van der Waals surface area contributed by atoms with E-state index in [4.69, 9.17) is 14.5 Å². The molecule has 2 aliphatic heterocycles. The largest absolute Gasteiger partial charge is 0.497 e. The van der Waals surface area contributed by atoms with Gasteiger partial charge >= 0.3 is 12.0 Å². The van der Waals surface area contributed by atoms with Crippen molar-refractivity contribution in [3.05, 3.63) is 66.7 Å². The third-order valence-corrected chi connectivity index (χ3v) is 9.70. The number of nitrogens with zero attached hydrogens (tertiary/aromatic N) is 3. The molecule has 6 rings (SSSR count). The first-order chi connectivity index (χ1) is 24.4. The fourth-order valence-corrected chi connectivity index (χ4v) is 6.94. The lowest BCUT2D eigenvalue weighted by Gasteiger charge is -2.32. The number of hydrogen-bond donors (Lipinski definition) is 3. The summed E-state index contributed by atoms with van der Waals surface area (Å²) in [6, 6.07) is 15.5. The van der Waals surface area contributed by atoms with Crippen LogP contribution < -0.4 is 20.2 Å².